The lowest BCUT2D eigenvalue weighted by Gasteiger charge is -2.41. The third-order valence-corrected chi connectivity index (χ3v) is 9.01. The molecular weight excluding hydrogens is 522 g/mol. The van der Waals surface area contributed by atoms with Crippen LogP contribution in [0.3, 0.4) is 0 Å². The van der Waals surface area contributed by atoms with Crippen LogP contribution in [0.25, 0.3) is 10.8 Å². The average Bonchev–Trinajstić information content (AvgIpc) is 3.50. The van der Waals surface area contributed by atoms with E-state index in [1.165, 1.54) is 5.56 Å². The molecule has 4 aromatic rings. The van der Waals surface area contributed by atoms with Crippen molar-refractivity contribution >= 4 is 22.8 Å². The van der Waals surface area contributed by atoms with Crippen molar-refractivity contribution in [1.29, 1.82) is 0 Å². The fraction of sp³-hybridized carbons (Fsp3) is 0.333. The Kier molecular flexibility index (Phi) is 8.52. The third kappa shape index (κ3) is 5.90. The Morgan fingerprint density at radius 3 is 2.21 bits per heavy atom. The van der Waals surface area contributed by atoms with Crippen LogP contribution in [-0.4, -0.2) is 71.5 Å². The topological polar surface area (TPSA) is 53.1 Å². The molecule has 6 rings (SSSR count). The van der Waals surface area contributed by atoms with E-state index in [2.05, 4.69) is 46.2 Å². The van der Waals surface area contributed by atoms with E-state index < -0.39 is 0 Å². The van der Waals surface area contributed by atoms with E-state index in [4.69, 9.17) is 4.74 Å². The summed E-state index contributed by atoms with van der Waals surface area (Å²) >= 11 is 0. The molecule has 2 atom stereocenters. The van der Waals surface area contributed by atoms with Crippen LogP contribution in [0.15, 0.2) is 103 Å². The number of piperidine rings is 1. The van der Waals surface area contributed by atoms with Gasteiger partial charge in [0.25, 0.3) is 5.91 Å². The second-order valence-electron chi connectivity index (χ2n) is 11.4. The molecule has 2 heterocycles. The normalized spacial score (nSPS) is 19.6. The summed E-state index contributed by atoms with van der Waals surface area (Å²) in [4.78, 5) is 33.4. The number of likely N-dealkylation sites (tertiary alicyclic amines) is 2. The maximum atomic E-state index is 13.9. The Balaban J connectivity index is 1.15. The van der Waals surface area contributed by atoms with E-state index in [0.717, 1.165) is 47.8 Å². The Morgan fingerprint density at radius 2 is 1.48 bits per heavy atom. The lowest BCUT2D eigenvalue weighted by Crippen LogP contribution is -2.51. The van der Waals surface area contributed by atoms with Crippen molar-refractivity contribution in [2.45, 2.75) is 44.4 Å². The second-order valence-corrected chi connectivity index (χ2v) is 11.4. The highest BCUT2D eigenvalue weighted by Gasteiger charge is 2.41. The third-order valence-electron chi connectivity index (χ3n) is 9.01. The van der Waals surface area contributed by atoms with Crippen LogP contribution in [0.2, 0.25) is 0 Å². The lowest BCUT2D eigenvalue weighted by molar-refractivity contribution is 0.0531. The van der Waals surface area contributed by atoms with Gasteiger partial charge in [-0.3, -0.25) is 9.69 Å². The van der Waals surface area contributed by atoms with Gasteiger partial charge in [0, 0.05) is 56.3 Å². The van der Waals surface area contributed by atoms with Crippen LogP contribution in [-0.2, 0) is 11.3 Å². The molecule has 2 fully saturated rings. The Bertz CT molecular complexity index is 1500. The number of benzene rings is 4. The number of hydrogen-bond donors (Lipinski definition) is 0. The molecular formula is C36H39N3O3. The Hall–Kier alpha value is -4.16. The molecule has 0 aromatic heterocycles. The monoisotopic (exact) mass is 561 g/mol. The zero-order valence-corrected chi connectivity index (χ0v) is 24.3. The minimum Gasteiger partial charge on any atom is -0.445 e. The summed E-state index contributed by atoms with van der Waals surface area (Å²) in [6.45, 7) is 6.11. The Morgan fingerprint density at radius 1 is 0.810 bits per heavy atom. The molecule has 0 radical (unpaired) electrons. The molecule has 0 saturated carbocycles. The number of amides is 2. The molecule has 42 heavy (non-hydrogen) atoms. The van der Waals surface area contributed by atoms with Crippen LogP contribution in [0, 0.1) is 0 Å². The van der Waals surface area contributed by atoms with Crippen LogP contribution >= 0.6 is 0 Å². The van der Waals surface area contributed by atoms with Gasteiger partial charge in [0.05, 0.1) is 0 Å². The summed E-state index contributed by atoms with van der Waals surface area (Å²) in [6.07, 6.45) is 1.54. The van der Waals surface area contributed by atoms with Crippen molar-refractivity contribution in [3.05, 3.63) is 120 Å². The number of rotatable bonds is 7. The van der Waals surface area contributed by atoms with E-state index in [0.29, 0.717) is 19.6 Å². The first-order valence-electron chi connectivity index (χ1n) is 15.2. The number of carbonyl (C=O) groups excluding carboxylic acids is 2. The predicted molar refractivity (Wildman–Crippen MR) is 166 cm³/mol. The first-order valence-corrected chi connectivity index (χ1v) is 15.2. The lowest BCUT2D eigenvalue weighted by atomic mass is 9.91. The second kappa shape index (κ2) is 12.8. The predicted octanol–water partition coefficient (Wildman–Crippen LogP) is 6.57. The smallest absolute Gasteiger partial charge is 0.410 e. The van der Waals surface area contributed by atoms with E-state index >= 15 is 0 Å². The first kappa shape index (κ1) is 28.0. The van der Waals surface area contributed by atoms with Crippen molar-refractivity contribution in [3.8, 4) is 0 Å². The van der Waals surface area contributed by atoms with Gasteiger partial charge in [-0.05, 0) is 47.7 Å². The van der Waals surface area contributed by atoms with Gasteiger partial charge < -0.3 is 14.5 Å². The van der Waals surface area contributed by atoms with Gasteiger partial charge >= 0.3 is 6.09 Å². The summed E-state index contributed by atoms with van der Waals surface area (Å²) in [6, 6.07) is 34.9. The molecule has 0 N–H and O–H groups in total. The molecule has 2 aliphatic heterocycles. The van der Waals surface area contributed by atoms with Gasteiger partial charge in [0.2, 0.25) is 0 Å². The highest BCUT2D eigenvalue weighted by molar-refractivity contribution is 6.07. The first-order chi connectivity index (χ1) is 20.6. The minimum atomic E-state index is -0.241. The molecule has 2 saturated heterocycles. The van der Waals surface area contributed by atoms with Gasteiger partial charge in [0.15, 0.2) is 0 Å². The van der Waals surface area contributed by atoms with Crippen LogP contribution in [0.5, 0.6) is 0 Å². The molecule has 2 aliphatic rings. The zero-order chi connectivity index (χ0) is 28.9. The van der Waals surface area contributed by atoms with Crippen LogP contribution < -0.4 is 0 Å². The summed E-state index contributed by atoms with van der Waals surface area (Å²) in [7, 11) is 0. The van der Waals surface area contributed by atoms with Gasteiger partial charge in [-0.2, -0.15) is 0 Å². The number of fused-ring (bicyclic) bond motifs is 1. The molecule has 2 amide bonds. The fourth-order valence-corrected chi connectivity index (χ4v) is 6.80. The van der Waals surface area contributed by atoms with Crippen LogP contribution in [0.1, 0.15) is 47.2 Å². The average molecular weight is 562 g/mol. The Labute approximate surface area is 248 Å². The van der Waals surface area contributed by atoms with Gasteiger partial charge in [-0.25, -0.2) is 4.79 Å². The number of ether oxygens (including phenoxy) is 1. The quantitative estimate of drug-likeness (QED) is 0.256. The fourth-order valence-electron chi connectivity index (χ4n) is 6.80. The van der Waals surface area contributed by atoms with Crippen molar-refractivity contribution in [2.24, 2.45) is 0 Å². The van der Waals surface area contributed by atoms with Gasteiger partial charge in [-0.15, -0.1) is 0 Å². The molecule has 6 heteroatoms. The van der Waals surface area contributed by atoms with Crippen LogP contribution in [0.4, 0.5) is 4.79 Å². The number of carbonyl (C=O) groups is 2. The summed E-state index contributed by atoms with van der Waals surface area (Å²) < 4.78 is 5.68. The van der Waals surface area contributed by atoms with Gasteiger partial charge in [-0.1, -0.05) is 97.1 Å². The molecule has 0 aliphatic carbocycles. The maximum Gasteiger partial charge on any atom is 0.410 e. The molecule has 0 unspecified atom stereocenters. The summed E-state index contributed by atoms with van der Waals surface area (Å²) in [5.74, 6) is 0.336. The highest BCUT2D eigenvalue weighted by Crippen LogP contribution is 2.35. The molecule has 0 spiro atoms. The number of hydrogen-bond acceptors (Lipinski definition) is 4. The minimum absolute atomic E-state index is 0.100. The van der Waals surface area contributed by atoms with Crippen molar-refractivity contribution in [1.82, 2.24) is 14.7 Å². The SMILES string of the molecule is CCN(C(=O)OCc1ccccc1)C1CCN([C@@H]2CN(C(=O)c3cccc4ccccc34)C[C@H]2c2ccccc2)CC1. The zero-order valence-electron chi connectivity index (χ0n) is 24.3. The van der Waals surface area contributed by atoms with E-state index in [9.17, 15) is 9.59 Å². The van der Waals surface area contributed by atoms with E-state index in [1.54, 1.807) is 0 Å². The summed E-state index contributed by atoms with van der Waals surface area (Å²) in [5.41, 5.74) is 3.04. The number of nitrogens with zero attached hydrogens (tertiary/aromatic N) is 3. The van der Waals surface area contributed by atoms with Crippen molar-refractivity contribution < 1.29 is 14.3 Å². The van der Waals surface area contributed by atoms with E-state index in [-0.39, 0.29) is 36.6 Å². The highest BCUT2D eigenvalue weighted by atomic mass is 16.6. The molecule has 0 bridgehead atoms. The van der Waals surface area contributed by atoms with Crippen molar-refractivity contribution in [3.63, 3.8) is 0 Å². The standard InChI is InChI=1S/C36H39N3O3/c1-2-39(36(41)42-26-27-12-5-3-6-13-27)30-20-22-37(23-21-30)34-25-38(24-33(34)29-14-7-4-8-15-29)35(40)32-19-11-17-28-16-9-10-18-31(28)32/h3-19,30,33-34H,2,20-26H2,1H3/t33-,34+/m0/s1. The van der Waals surface area contributed by atoms with Gasteiger partial charge in [0.1, 0.15) is 6.61 Å². The molecule has 216 valence electrons. The molecule has 4 aromatic carbocycles. The molecule has 6 nitrogen and oxygen atoms in total. The largest absolute Gasteiger partial charge is 0.445 e. The summed E-state index contributed by atoms with van der Waals surface area (Å²) in [5, 5.41) is 2.09. The van der Waals surface area contributed by atoms with Crippen molar-refractivity contribution in [2.75, 3.05) is 32.7 Å². The van der Waals surface area contributed by atoms with E-state index in [1.807, 2.05) is 78.6 Å². The maximum absolute atomic E-state index is 13.9.